The molecule has 1 fully saturated rings. The molecule has 0 saturated carbocycles. The highest BCUT2D eigenvalue weighted by Gasteiger charge is 2.31. The number of amides is 1. The highest BCUT2D eigenvalue weighted by atomic mass is 19.4. The molecule has 4 rings (SSSR count). The van der Waals surface area contributed by atoms with Gasteiger partial charge in [-0.05, 0) is 50.7 Å². The molecule has 3 heterocycles. The third-order valence-corrected chi connectivity index (χ3v) is 5.42. The molecule has 1 aromatic carbocycles. The maximum Gasteiger partial charge on any atom is 0.416 e. The van der Waals surface area contributed by atoms with E-state index >= 15 is 0 Å². The zero-order valence-electron chi connectivity index (χ0n) is 17.4. The van der Waals surface area contributed by atoms with Crippen molar-refractivity contribution in [2.45, 2.75) is 19.0 Å². The molecule has 0 spiro atoms. The number of nitrogens with one attached hydrogen (secondary N) is 1. The van der Waals surface area contributed by atoms with Gasteiger partial charge in [0, 0.05) is 30.1 Å². The van der Waals surface area contributed by atoms with Crippen LogP contribution in [0.2, 0.25) is 0 Å². The maximum absolute atomic E-state index is 13.2. The van der Waals surface area contributed by atoms with Crippen LogP contribution in [0.1, 0.15) is 18.4 Å². The van der Waals surface area contributed by atoms with Gasteiger partial charge in [0.1, 0.15) is 5.69 Å². The molecule has 1 aliphatic rings. The molecule has 9 heteroatoms. The predicted molar refractivity (Wildman–Crippen MR) is 115 cm³/mol. The van der Waals surface area contributed by atoms with Crippen molar-refractivity contribution in [3.05, 3.63) is 60.6 Å². The van der Waals surface area contributed by atoms with Crippen LogP contribution in [-0.2, 0) is 11.0 Å². The van der Waals surface area contributed by atoms with Gasteiger partial charge < -0.3 is 10.2 Å². The van der Waals surface area contributed by atoms with Gasteiger partial charge in [-0.15, -0.1) is 0 Å². The van der Waals surface area contributed by atoms with E-state index in [-0.39, 0.29) is 28.9 Å². The number of hydrogen-bond acceptors (Lipinski definition) is 5. The number of aromatic nitrogens is 3. The van der Waals surface area contributed by atoms with E-state index in [4.69, 9.17) is 0 Å². The van der Waals surface area contributed by atoms with Crippen molar-refractivity contribution in [3.63, 3.8) is 0 Å². The van der Waals surface area contributed by atoms with Gasteiger partial charge in [-0.3, -0.25) is 14.8 Å². The summed E-state index contributed by atoms with van der Waals surface area (Å²) >= 11 is 0. The number of rotatable bonds is 4. The van der Waals surface area contributed by atoms with Gasteiger partial charge in [0.25, 0.3) is 0 Å². The van der Waals surface area contributed by atoms with E-state index in [1.807, 2.05) is 7.05 Å². The van der Waals surface area contributed by atoms with Gasteiger partial charge in [0.2, 0.25) is 5.91 Å². The summed E-state index contributed by atoms with van der Waals surface area (Å²) in [4.78, 5) is 27.8. The fraction of sp³-hybridized carbons (Fsp3) is 0.304. The summed E-state index contributed by atoms with van der Waals surface area (Å²) in [6, 6.07) is 8.39. The standard InChI is InChI=1S/C23H22F3N5O/c1-31-10-4-7-17(14-31)22(32)30-19-13-28-20(21(29-19)16-6-3-9-27-12-16)15-5-2-8-18(11-15)23(24,25)26/h2-3,5-6,8-9,11-13,17H,4,7,10,14H2,1H3,(H,29,30,32). The van der Waals surface area contributed by atoms with E-state index in [1.165, 1.54) is 12.3 Å². The first kappa shape index (κ1) is 21.9. The first-order valence-corrected chi connectivity index (χ1v) is 10.3. The SMILES string of the molecule is CN1CCCC(C(=O)Nc2cnc(-c3cccc(C(F)(F)F)c3)c(-c3cccnc3)n2)C1. The molecule has 0 aliphatic carbocycles. The van der Waals surface area contributed by atoms with Crippen LogP contribution in [0.15, 0.2) is 55.0 Å². The Hall–Kier alpha value is -3.33. The number of carbonyl (C=O) groups is 1. The number of hydrogen-bond donors (Lipinski definition) is 1. The van der Waals surface area contributed by atoms with Gasteiger partial charge in [0.15, 0.2) is 5.82 Å². The lowest BCUT2D eigenvalue weighted by Crippen LogP contribution is -2.38. The van der Waals surface area contributed by atoms with Crippen LogP contribution < -0.4 is 5.32 Å². The van der Waals surface area contributed by atoms with E-state index in [2.05, 4.69) is 25.2 Å². The lowest BCUT2D eigenvalue weighted by molar-refractivity contribution is -0.137. The van der Waals surface area contributed by atoms with E-state index in [0.29, 0.717) is 17.8 Å². The smallest absolute Gasteiger partial charge is 0.309 e. The summed E-state index contributed by atoms with van der Waals surface area (Å²) < 4.78 is 39.7. The minimum Gasteiger partial charge on any atom is -0.309 e. The van der Waals surface area contributed by atoms with E-state index in [1.54, 1.807) is 30.6 Å². The Morgan fingerprint density at radius 1 is 1.12 bits per heavy atom. The summed E-state index contributed by atoms with van der Waals surface area (Å²) in [6.45, 7) is 1.62. The number of pyridine rings is 1. The first-order chi connectivity index (χ1) is 15.3. The monoisotopic (exact) mass is 441 g/mol. The van der Waals surface area contributed by atoms with Gasteiger partial charge in [-0.2, -0.15) is 13.2 Å². The minimum atomic E-state index is -4.47. The third kappa shape index (κ3) is 4.94. The second-order valence-corrected chi connectivity index (χ2v) is 7.86. The summed E-state index contributed by atoms with van der Waals surface area (Å²) in [5.41, 5.74) is 0.710. The zero-order chi connectivity index (χ0) is 22.7. The van der Waals surface area contributed by atoms with Crippen LogP contribution in [0.25, 0.3) is 22.5 Å². The molecule has 1 unspecified atom stereocenters. The van der Waals surface area contributed by atoms with Gasteiger partial charge in [0.05, 0.1) is 23.4 Å². The molecule has 1 amide bonds. The van der Waals surface area contributed by atoms with Gasteiger partial charge in [-0.1, -0.05) is 12.1 Å². The Morgan fingerprint density at radius 2 is 1.94 bits per heavy atom. The summed E-state index contributed by atoms with van der Waals surface area (Å²) in [5.74, 6) is -0.0480. The Kier molecular flexibility index (Phi) is 6.18. The van der Waals surface area contributed by atoms with Gasteiger partial charge in [-0.25, -0.2) is 4.98 Å². The number of likely N-dealkylation sites (tertiary alicyclic amines) is 1. The van der Waals surface area contributed by atoms with Crippen molar-refractivity contribution >= 4 is 11.7 Å². The Balaban J connectivity index is 1.70. The quantitative estimate of drug-likeness (QED) is 0.645. The van der Waals surface area contributed by atoms with Crippen molar-refractivity contribution in [1.29, 1.82) is 0 Å². The molecule has 1 atom stereocenters. The molecule has 6 nitrogen and oxygen atoms in total. The molecule has 2 aromatic heterocycles. The Morgan fingerprint density at radius 3 is 2.66 bits per heavy atom. The highest BCUT2D eigenvalue weighted by Crippen LogP contribution is 2.34. The normalized spacial score (nSPS) is 17.2. The molecule has 3 aromatic rings. The largest absolute Gasteiger partial charge is 0.416 e. The molecule has 1 N–H and O–H groups in total. The number of nitrogens with zero attached hydrogens (tertiary/aromatic N) is 4. The van der Waals surface area contributed by atoms with Crippen LogP contribution in [0, 0.1) is 5.92 Å². The molecule has 0 bridgehead atoms. The first-order valence-electron chi connectivity index (χ1n) is 10.3. The van der Waals surface area contributed by atoms with E-state index in [9.17, 15) is 18.0 Å². The Bertz CT molecular complexity index is 1100. The van der Waals surface area contributed by atoms with Crippen LogP contribution >= 0.6 is 0 Å². The van der Waals surface area contributed by atoms with Crippen LogP contribution in [0.3, 0.4) is 0 Å². The number of halogens is 3. The highest BCUT2D eigenvalue weighted by molar-refractivity contribution is 5.92. The molecular weight excluding hydrogens is 419 g/mol. The number of piperidine rings is 1. The maximum atomic E-state index is 13.2. The number of alkyl halides is 3. The zero-order valence-corrected chi connectivity index (χ0v) is 17.4. The molecule has 166 valence electrons. The second kappa shape index (κ2) is 9.04. The lowest BCUT2D eigenvalue weighted by atomic mass is 9.97. The summed E-state index contributed by atoms with van der Waals surface area (Å²) in [5, 5.41) is 2.82. The van der Waals surface area contributed by atoms with Crippen molar-refractivity contribution in [3.8, 4) is 22.5 Å². The lowest BCUT2D eigenvalue weighted by Gasteiger charge is -2.28. The van der Waals surface area contributed by atoms with E-state index in [0.717, 1.165) is 31.5 Å². The molecule has 32 heavy (non-hydrogen) atoms. The fourth-order valence-corrected chi connectivity index (χ4v) is 3.82. The summed E-state index contributed by atoms with van der Waals surface area (Å²) in [6.07, 6.45) is 1.78. The average Bonchev–Trinajstić information content (AvgIpc) is 2.79. The molecule has 1 aliphatic heterocycles. The minimum absolute atomic E-state index is 0.144. The number of benzene rings is 1. The second-order valence-electron chi connectivity index (χ2n) is 7.86. The van der Waals surface area contributed by atoms with Crippen molar-refractivity contribution in [1.82, 2.24) is 19.9 Å². The van der Waals surface area contributed by atoms with E-state index < -0.39 is 11.7 Å². The van der Waals surface area contributed by atoms with Crippen molar-refractivity contribution in [2.75, 3.05) is 25.5 Å². The fourth-order valence-electron chi connectivity index (χ4n) is 3.82. The summed E-state index contributed by atoms with van der Waals surface area (Å²) in [7, 11) is 1.98. The topological polar surface area (TPSA) is 71.0 Å². The van der Waals surface area contributed by atoms with Gasteiger partial charge >= 0.3 is 6.18 Å². The van der Waals surface area contributed by atoms with Crippen LogP contribution in [0.5, 0.6) is 0 Å². The molecule has 0 radical (unpaired) electrons. The average molecular weight is 441 g/mol. The molecule has 1 saturated heterocycles. The third-order valence-electron chi connectivity index (χ3n) is 5.42. The molecular formula is C23H22F3N5O. The number of carbonyl (C=O) groups excluding carboxylic acids is 1. The van der Waals surface area contributed by atoms with Crippen LogP contribution in [-0.4, -0.2) is 45.9 Å². The Labute approximate surface area is 183 Å². The van der Waals surface area contributed by atoms with Crippen LogP contribution in [0.4, 0.5) is 19.0 Å². The van der Waals surface area contributed by atoms with Crippen molar-refractivity contribution in [2.24, 2.45) is 5.92 Å². The van der Waals surface area contributed by atoms with Crippen molar-refractivity contribution < 1.29 is 18.0 Å². The number of anilines is 1. The predicted octanol–water partition coefficient (Wildman–Crippen LogP) is 4.50.